The fourth-order valence-electron chi connectivity index (χ4n) is 3.58. The number of hydrogen-bond donors (Lipinski definition) is 3. The van der Waals surface area contributed by atoms with Gasteiger partial charge in [0.15, 0.2) is 11.5 Å². The summed E-state index contributed by atoms with van der Waals surface area (Å²) < 4.78 is 31.3. The Morgan fingerprint density at radius 1 is 1.27 bits per heavy atom. The van der Waals surface area contributed by atoms with Crippen LogP contribution in [0.25, 0.3) is 0 Å². The number of nitrogens with zero attached hydrogens (tertiary/aromatic N) is 4. The third-order valence-electron chi connectivity index (χ3n) is 5.12. The Labute approximate surface area is 192 Å². The molecule has 1 atom stereocenters. The fourth-order valence-corrected chi connectivity index (χ4v) is 4.24. The molecule has 33 heavy (non-hydrogen) atoms. The molecule has 0 radical (unpaired) electrons. The summed E-state index contributed by atoms with van der Waals surface area (Å²) >= 11 is 1.22. The van der Waals surface area contributed by atoms with E-state index in [0.29, 0.717) is 36.4 Å². The lowest BCUT2D eigenvalue weighted by Crippen LogP contribution is -2.48. The van der Waals surface area contributed by atoms with Crippen molar-refractivity contribution in [2.75, 3.05) is 23.3 Å². The van der Waals surface area contributed by atoms with Crippen molar-refractivity contribution in [3.8, 4) is 0 Å². The average Bonchev–Trinajstić information content (AvgIpc) is 3.18. The van der Waals surface area contributed by atoms with Gasteiger partial charge in [0.25, 0.3) is 11.8 Å². The summed E-state index contributed by atoms with van der Waals surface area (Å²) in [6, 6.07) is 4.37. The molecule has 12 heteroatoms. The van der Waals surface area contributed by atoms with E-state index in [9.17, 15) is 18.4 Å². The predicted molar refractivity (Wildman–Crippen MR) is 120 cm³/mol. The molecular formula is C21H21F2N7O2S. The van der Waals surface area contributed by atoms with Gasteiger partial charge in [0, 0.05) is 25.2 Å². The molecular weight excluding hydrogens is 452 g/mol. The second kappa shape index (κ2) is 9.45. The number of nitrogens with one attached hydrogen (secondary N) is 2. The van der Waals surface area contributed by atoms with Gasteiger partial charge in [-0.1, -0.05) is 0 Å². The zero-order valence-corrected chi connectivity index (χ0v) is 18.5. The normalized spacial score (nSPS) is 15.8. The SMILES string of the molecule is Cc1cc(Nc2nc(N3CCC[C@@H](NC(=O)c4ccc(F)cc4F)C3)cnc2C(N)=O)sn1. The lowest BCUT2D eigenvalue weighted by Gasteiger charge is -2.34. The van der Waals surface area contributed by atoms with Gasteiger partial charge < -0.3 is 21.3 Å². The van der Waals surface area contributed by atoms with Crippen LogP contribution < -0.4 is 21.3 Å². The van der Waals surface area contributed by atoms with Crippen molar-refractivity contribution in [1.82, 2.24) is 19.7 Å². The Morgan fingerprint density at radius 3 is 2.79 bits per heavy atom. The molecule has 0 aliphatic carbocycles. The summed E-state index contributed by atoms with van der Waals surface area (Å²) in [5.74, 6) is -2.29. The van der Waals surface area contributed by atoms with E-state index in [1.807, 2.05) is 17.9 Å². The molecule has 0 unspecified atom stereocenters. The predicted octanol–water partition coefficient (Wildman–Crippen LogP) is 2.76. The Balaban J connectivity index is 1.50. The molecule has 1 fully saturated rings. The van der Waals surface area contributed by atoms with Crippen molar-refractivity contribution in [3.63, 3.8) is 0 Å². The monoisotopic (exact) mass is 473 g/mol. The highest BCUT2D eigenvalue weighted by Gasteiger charge is 2.25. The highest BCUT2D eigenvalue weighted by atomic mass is 32.1. The molecule has 4 rings (SSSR count). The molecule has 1 aromatic carbocycles. The number of anilines is 3. The number of nitrogens with two attached hydrogens (primary N) is 1. The molecule has 2 amide bonds. The molecule has 0 saturated carbocycles. The number of carbonyl (C=O) groups excluding carboxylic acids is 2. The molecule has 3 heterocycles. The Bertz CT molecular complexity index is 1200. The summed E-state index contributed by atoms with van der Waals surface area (Å²) in [6.45, 7) is 2.90. The van der Waals surface area contributed by atoms with Crippen LogP contribution >= 0.6 is 11.5 Å². The number of aromatic nitrogens is 3. The molecule has 0 spiro atoms. The van der Waals surface area contributed by atoms with Gasteiger partial charge in [-0.25, -0.2) is 18.7 Å². The van der Waals surface area contributed by atoms with Crippen molar-refractivity contribution >= 4 is 40.0 Å². The average molecular weight is 474 g/mol. The minimum Gasteiger partial charge on any atom is -0.364 e. The number of aryl methyl sites for hydroxylation is 1. The first kappa shape index (κ1) is 22.5. The van der Waals surface area contributed by atoms with Crippen LogP contribution in [0.5, 0.6) is 0 Å². The largest absolute Gasteiger partial charge is 0.364 e. The first-order chi connectivity index (χ1) is 15.8. The zero-order valence-electron chi connectivity index (χ0n) is 17.6. The van der Waals surface area contributed by atoms with Gasteiger partial charge in [-0.3, -0.25) is 9.59 Å². The topological polar surface area (TPSA) is 126 Å². The molecule has 1 aliphatic rings. The van der Waals surface area contributed by atoms with Crippen LogP contribution in [0.4, 0.5) is 25.4 Å². The first-order valence-electron chi connectivity index (χ1n) is 10.2. The number of carbonyl (C=O) groups is 2. The van der Waals surface area contributed by atoms with Crippen molar-refractivity contribution < 1.29 is 18.4 Å². The highest BCUT2D eigenvalue weighted by Crippen LogP contribution is 2.25. The van der Waals surface area contributed by atoms with Gasteiger partial charge in [-0.15, -0.1) is 0 Å². The molecule has 172 valence electrons. The smallest absolute Gasteiger partial charge is 0.271 e. The second-order valence-electron chi connectivity index (χ2n) is 7.63. The summed E-state index contributed by atoms with van der Waals surface area (Å²) in [7, 11) is 0. The van der Waals surface area contributed by atoms with E-state index in [-0.39, 0.29) is 23.1 Å². The molecule has 2 aromatic heterocycles. The summed E-state index contributed by atoms with van der Waals surface area (Å²) in [5.41, 5.74) is 6.05. The van der Waals surface area contributed by atoms with E-state index in [4.69, 9.17) is 5.73 Å². The standard InChI is InChI=1S/C21H21F2N7O2S/c1-11-7-17(33-29-11)28-20-18(19(24)31)25-9-16(27-20)30-6-2-3-13(10-30)26-21(32)14-5-4-12(22)8-15(14)23/h4-5,7-9,13H,2-3,6,10H2,1H3,(H2,24,31)(H,26,32)(H,27,28)/t13-/m1/s1. The van der Waals surface area contributed by atoms with Gasteiger partial charge in [0.05, 0.1) is 17.5 Å². The van der Waals surface area contributed by atoms with Crippen LogP contribution in [-0.4, -0.2) is 45.3 Å². The van der Waals surface area contributed by atoms with Crippen LogP contribution in [0.2, 0.25) is 0 Å². The maximum atomic E-state index is 13.9. The van der Waals surface area contributed by atoms with Crippen LogP contribution in [0, 0.1) is 18.6 Å². The van der Waals surface area contributed by atoms with E-state index in [1.54, 1.807) is 0 Å². The van der Waals surface area contributed by atoms with Crippen molar-refractivity contribution in [2.45, 2.75) is 25.8 Å². The number of primary amides is 1. The summed E-state index contributed by atoms with van der Waals surface area (Å²) in [6.07, 6.45) is 2.88. The van der Waals surface area contributed by atoms with Crippen LogP contribution in [-0.2, 0) is 0 Å². The van der Waals surface area contributed by atoms with Crippen molar-refractivity contribution in [3.05, 3.63) is 59.0 Å². The third-order valence-corrected chi connectivity index (χ3v) is 5.91. The number of halogens is 2. The molecule has 9 nitrogen and oxygen atoms in total. The fraction of sp³-hybridized carbons (Fsp3) is 0.286. The van der Waals surface area contributed by atoms with Crippen LogP contribution in [0.15, 0.2) is 30.5 Å². The van der Waals surface area contributed by atoms with Crippen molar-refractivity contribution in [1.29, 1.82) is 0 Å². The van der Waals surface area contributed by atoms with Gasteiger partial charge in [-0.05, 0) is 49.5 Å². The van der Waals surface area contributed by atoms with Gasteiger partial charge in [0.1, 0.15) is 22.5 Å². The highest BCUT2D eigenvalue weighted by molar-refractivity contribution is 7.10. The van der Waals surface area contributed by atoms with E-state index < -0.39 is 23.4 Å². The second-order valence-corrected chi connectivity index (χ2v) is 8.43. The van der Waals surface area contributed by atoms with Crippen LogP contribution in [0.1, 0.15) is 39.4 Å². The lowest BCUT2D eigenvalue weighted by molar-refractivity contribution is 0.0927. The molecule has 1 saturated heterocycles. The van der Waals surface area contributed by atoms with E-state index in [1.165, 1.54) is 17.7 Å². The summed E-state index contributed by atoms with van der Waals surface area (Å²) in [5, 5.41) is 6.52. The third kappa shape index (κ3) is 5.22. The maximum absolute atomic E-state index is 13.9. The molecule has 3 aromatic rings. The quantitative estimate of drug-likeness (QED) is 0.503. The minimum atomic E-state index is -0.915. The Kier molecular flexibility index (Phi) is 6.45. The van der Waals surface area contributed by atoms with Gasteiger partial charge in [-0.2, -0.15) is 4.37 Å². The Morgan fingerprint density at radius 2 is 2.09 bits per heavy atom. The summed E-state index contributed by atoms with van der Waals surface area (Å²) in [4.78, 5) is 34.9. The van der Waals surface area contributed by atoms with E-state index >= 15 is 0 Å². The number of piperidine rings is 1. The number of hydrogen-bond acceptors (Lipinski definition) is 8. The number of rotatable bonds is 6. The zero-order chi connectivity index (χ0) is 23.5. The van der Waals surface area contributed by atoms with Gasteiger partial charge in [0.2, 0.25) is 0 Å². The molecule has 4 N–H and O–H groups in total. The number of amides is 2. The van der Waals surface area contributed by atoms with E-state index in [0.717, 1.165) is 24.2 Å². The maximum Gasteiger partial charge on any atom is 0.271 e. The first-order valence-corrected chi connectivity index (χ1v) is 11.0. The van der Waals surface area contributed by atoms with Crippen LogP contribution in [0.3, 0.4) is 0 Å². The van der Waals surface area contributed by atoms with Crippen molar-refractivity contribution in [2.24, 2.45) is 5.73 Å². The Hall–Kier alpha value is -3.67. The minimum absolute atomic E-state index is 0.00143. The van der Waals surface area contributed by atoms with E-state index in [2.05, 4.69) is 25.0 Å². The molecule has 0 bridgehead atoms. The lowest BCUT2D eigenvalue weighted by atomic mass is 10.0. The number of benzene rings is 1. The van der Waals surface area contributed by atoms with Gasteiger partial charge >= 0.3 is 0 Å². The molecule has 1 aliphatic heterocycles.